The molecular formula is C13H27NO. The monoisotopic (exact) mass is 213 g/mol. The lowest BCUT2D eigenvalue weighted by atomic mass is 9.68. The van der Waals surface area contributed by atoms with Gasteiger partial charge in [-0.2, -0.15) is 0 Å². The largest absolute Gasteiger partial charge is 0.394 e. The lowest BCUT2D eigenvalue weighted by Crippen LogP contribution is -2.54. The van der Waals surface area contributed by atoms with Gasteiger partial charge in [-0.3, -0.25) is 0 Å². The highest BCUT2D eigenvalue weighted by molar-refractivity contribution is 4.96. The van der Waals surface area contributed by atoms with Crippen molar-refractivity contribution >= 4 is 0 Å². The van der Waals surface area contributed by atoms with Crippen molar-refractivity contribution in [2.75, 3.05) is 13.2 Å². The summed E-state index contributed by atoms with van der Waals surface area (Å²) >= 11 is 0. The van der Waals surface area contributed by atoms with Crippen LogP contribution in [0.4, 0.5) is 0 Å². The molecule has 1 fully saturated rings. The molecule has 0 spiro atoms. The zero-order valence-electron chi connectivity index (χ0n) is 10.8. The molecular weight excluding hydrogens is 186 g/mol. The van der Waals surface area contributed by atoms with Crippen molar-refractivity contribution in [3.63, 3.8) is 0 Å². The van der Waals surface area contributed by atoms with Gasteiger partial charge in [0.15, 0.2) is 0 Å². The summed E-state index contributed by atoms with van der Waals surface area (Å²) in [4.78, 5) is 0. The van der Waals surface area contributed by atoms with E-state index < -0.39 is 0 Å². The van der Waals surface area contributed by atoms with E-state index in [0.717, 1.165) is 19.4 Å². The van der Waals surface area contributed by atoms with Crippen LogP contribution in [-0.2, 0) is 0 Å². The fraction of sp³-hybridized carbons (Fsp3) is 1.00. The van der Waals surface area contributed by atoms with E-state index in [-0.39, 0.29) is 12.1 Å². The molecule has 0 heterocycles. The molecule has 2 heteroatoms. The molecule has 90 valence electrons. The SMILES string of the molecule is CC(C)CNC1(CO)CCCC(C)(C)C1. The molecule has 0 aliphatic heterocycles. The van der Waals surface area contributed by atoms with Crippen LogP contribution in [0.5, 0.6) is 0 Å². The van der Waals surface area contributed by atoms with Crippen molar-refractivity contribution in [2.45, 2.75) is 58.9 Å². The van der Waals surface area contributed by atoms with Crippen LogP contribution in [0, 0.1) is 11.3 Å². The van der Waals surface area contributed by atoms with Crippen molar-refractivity contribution in [2.24, 2.45) is 11.3 Å². The van der Waals surface area contributed by atoms with Gasteiger partial charge in [-0.25, -0.2) is 0 Å². The van der Waals surface area contributed by atoms with Crippen LogP contribution in [0.1, 0.15) is 53.4 Å². The Morgan fingerprint density at radius 2 is 1.93 bits per heavy atom. The maximum absolute atomic E-state index is 9.62. The Hall–Kier alpha value is -0.0800. The zero-order chi connectivity index (χ0) is 11.5. The minimum absolute atomic E-state index is 0.00792. The van der Waals surface area contributed by atoms with Gasteiger partial charge in [0.2, 0.25) is 0 Å². The Morgan fingerprint density at radius 1 is 1.27 bits per heavy atom. The molecule has 0 amide bonds. The topological polar surface area (TPSA) is 32.3 Å². The molecule has 0 saturated heterocycles. The van der Waals surface area contributed by atoms with Gasteiger partial charge < -0.3 is 10.4 Å². The summed E-state index contributed by atoms with van der Waals surface area (Å²) < 4.78 is 0. The van der Waals surface area contributed by atoms with Crippen molar-refractivity contribution in [1.82, 2.24) is 5.32 Å². The average molecular weight is 213 g/mol. The van der Waals surface area contributed by atoms with Crippen LogP contribution in [0.15, 0.2) is 0 Å². The van der Waals surface area contributed by atoms with E-state index in [1.54, 1.807) is 0 Å². The van der Waals surface area contributed by atoms with E-state index in [1.807, 2.05) is 0 Å². The second-order valence-electron chi connectivity index (χ2n) is 6.41. The summed E-state index contributed by atoms with van der Waals surface area (Å²) in [6.45, 7) is 10.3. The number of hydrogen-bond acceptors (Lipinski definition) is 2. The summed E-state index contributed by atoms with van der Waals surface area (Å²) in [7, 11) is 0. The Labute approximate surface area is 94.5 Å². The molecule has 1 saturated carbocycles. The molecule has 2 nitrogen and oxygen atoms in total. The number of rotatable bonds is 4. The van der Waals surface area contributed by atoms with Crippen LogP contribution in [0.2, 0.25) is 0 Å². The van der Waals surface area contributed by atoms with Crippen LogP contribution in [0.3, 0.4) is 0 Å². The molecule has 1 unspecified atom stereocenters. The first kappa shape index (κ1) is 13.0. The van der Waals surface area contributed by atoms with Gasteiger partial charge in [0.25, 0.3) is 0 Å². The van der Waals surface area contributed by atoms with Crippen molar-refractivity contribution < 1.29 is 5.11 Å². The molecule has 0 radical (unpaired) electrons. The number of aliphatic hydroxyl groups is 1. The first-order valence-corrected chi connectivity index (χ1v) is 6.25. The Kier molecular flexibility index (Phi) is 4.19. The quantitative estimate of drug-likeness (QED) is 0.752. The fourth-order valence-corrected chi connectivity index (χ4v) is 2.76. The summed E-state index contributed by atoms with van der Waals surface area (Å²) in [5.74, 6) is 0.651. The zero-order valence-corrected chi connectivity index (χ0v) is 10.8. The van der Waals surface area contributed by atoms with Crippen molar-refractivity contribution in [3.8, 4) is 0 Å². The molecule has 0 bridgehead atoms. The predicted octanol–water partition coefficient (Wildman–Crippen LogP) is 2.56. The van der Waals surface area contributed by atoms with Crippen LogP contribution >= 0.6 is 0 Å². The molecule has 1 aliphatic rings. The second kappa shape index (κ2) is 4.84. The van der Waals surface area contributed by atoms with Crippen LogP contribution in [0.25, 0.3) is 0 Å². The number of nitrogens with one attached hydrogen (secondary N) is 1. The summed E-state index contributed by atoms with van der Waals surface area (Å²) in [5, 5.41) is 13.2. The standard InChI is InChI=1S/C13H27NO/c1-11(2)8-14-13(10-15)7-5-6-12(3,4)9-13/h11,14-15H,5-10H2,1-4H3. The third-order valence-corrected chi connectivity index (χ3v) is 3.51. The Balaban J connectivity index is 2.58. The highest BCUT2D eigenvalue weighted by Crippen LogP contribution is 2.40. The van der Waals surface area contributed by atoms with E-state index in [0.29, 0.717) is 11.3 Å². The van der Waals surface area contributed by atoms with Gasteiger partial charge in [0, 0.05) is 5.54 Å². The lowest BCUT2D eigenvalue weighted by Gasteiger charge is -2.45. The Morgan fingerprint density at radius 3 is 2.40 bits per heavy atom. The molecule has 0 aromatic carbocycles. The third kappa shape index (κ3) is 3.76. The average Bonchev–Trinajstić information content (AvgIpc) is 2.13. The molecule has 1 atom stereocenters. The van der Waals surface area contributed by atoms with E-state index in [9.17, 15) is 5.11 Å². The maximum atomic E-state index is 9.62. The highest BCUT2D eigenvalue weighted by Gasteiger charge is 2.39. The van der Waals surface area contributed by atoms with Crippen molar-refractivity contribution in [3.05, 3.63) is 0 Å². The molecule has 0 aromatic heterocycles. The van der Waals surface area contributed by atoms with Gasteiger partial charge in [-0.05, 0) is 37.1 Å². The molecule has 2 N–H and O–H groups in total. The van der Waals surface area contributed by atoms with Gasteiger partial charge in [0.05, 0.1) is 6.61 Å². The van der Waals surface area contributed by atoms with E-state index in [4.69, 9.17) is 0 Å². The van der Waals surface area contributed by atoms with Crippen LogP contribution in [-0.4, -0.2) is 23.8 Å². The van der Waals surface area contributed by atoms with Gasteiger partial charge in [-0.1, -0.05) is 34.1 Å². The first-order chi connectivity index (χ1) is 6.89. The van der Waals surface area contributed by atoms with Gasteiger partial charge >= 0.3 is 0 Å². The highest BCUT2D eigenvalue weighted by atomic mass is 16.3. The molecule has 1 aliphatic carbocycles. The molecule has 15 heavy (non-hydrogen) atoms. The summed E-state index contributed by atoms with van der Waals surface area (Å²) in [5.41, 5.74) is 0.372. The smallest absolute Gasteiger partial charge is 0.0613 e. The summed E-state index contributed by atoms with van der Waals surface area (Å²) in [6, 6.07) is 0. The molecule has 1 rings (SSSR count). The van der Waals surface area contributed by atoms with Crippen LogP contribution < -0.4 is 5.32 Å². The lowest BCUT2D eigenvalue weighted by molar-refractivity contribution is 0.0604. The molecule has 0 aromatic rings. The minimum atomic E-state index is -0.00792. The van der Waals surface area contributed by atoms with E-state index in [1.165, 1.54) is 12.8 Å². The fourth-order valence-electron chi connectivity index (χ4n) is 2.76. The third-order valence-electron chi connectivity index (χ3n) is 3.51. The van der Waals surface area contributed by atoms with Gasteiger partial charge in [0.1, 0.15) is 0 Å². The van der Waals surface area contributed by atoms with E-state index in [2.05, 4.69) is 33.0 Å². The Bertz CT molecular complexity index is 201. The number of aliphatic hydroxyl groups excluding tert-OH is 1. The van der Waals surface area contributed by atoms with Gasteiger partial charge in [-0.15, -0.1) is 0 Å². The predicted molar refractivity (Wildman–Crippen MR) is 64.9 cm³/mol. The maximum Gasteiger partial charge on any atom is 0.0613 e. The van der Waals surface area contributed by atoms with Crippen molar-refractivity contribution in [1.29, 1.82) is 0 Å². The summed E-state index contributed by atoms with van der Waals surface area (Å²) in [6.07, 6.45) is 4.75. The normalized spacial score (nSPS) is 30.8. The van der Waals surface area contributed by atoms with E-state index >= 15 is 0 Å². The second-order valence-corrected chi connectivity index (χ2v) is 6.41. The number of hydrogen-bond donors (Lipinski definition) is 2. The minimum Gasteiger partial charge on any atom is -0.394 e. The first-order valence-electron chi connectivity index (χ1n) is 6.25.